The Bertz CT molecular complexity index is 925. The fourth-order valence-corrected chi connectivity index (χ4v) is 3.93. The van der Waals surface area contributed by atoms with Crippen molar-refractivity contribution in [3.63, 3.8) is 0 Å². The highest BCUT2D eigenvalue weighted by atomic mass is 32.2. The molecule has 126 valence electrons. The van der Waals surface area contributed by atoms with E-state index in [9.17, 15) is 8.42 Å². The minimum absolute atomic E-state index is 0.131. The van der Waals surface area contributed by atoms with Crippen LogP contribution in [0.3, 0.4) is 0 Å². The molecule has 3 rings (SSSR count). The third kappa shape index (κ3) is 3.09. The molecule has 0 bridgehead atoms. The molecule has 0 aliphatic carbocycles. The van der Waals surface area contributed by atoms with Crippen LogP contribution in [0.15, 0.2) is 41.1 Å². The summed E-state index contributed by atoms with van der Waals surface area (Å²) in [5.74, 6) is 0.393. The molecule has 0 unspecified atom stereocenters. The summed E-state index contributed by atoms with van der Waals surface area (Å²) in [6.45, 7) is 5.06. The van der Waals surface area contributed by atoms with Crippen LogP contribution in [0.5, 0.6) is 0 Å². The first-order chi connectivity index (χ1) is 11.4. The number of hydrogen-bond acceptors (Lipinski definition) is 6. The molecular formula is C16H18N4O3S. The van der Waals surface area contributed by atoms with Crippen LogP contribution < -0.4 is 0 Å². The minimum Gasteiger partial charge on any atom is -0.361 e. The standard InChI is InChI=1S/C16H18N4O3S/c1-11-15(12(2)23-18-11)10-24(21,22)13(3)16-9-20(19-17-16)14-7-5-4-6-8-14/h4-9,13H,10H2,1-3H3/t13-/m0/s1. The largest absolute Gasteiger partial charge is 0.361 e. The van der Waals surface area contributed by atoms with Gasteiger partial charge in [0.1, 0.15) is 16.7 Å². The van der Waals surface area contributed by atoms with Gasteiger partial charge in [0, 0.05) is 5.56 Å². The Morgan fingerprint density at radius 3 is 2.54 bits per heavy atom. The van der Waals surface area contributed by atoms with Crippen LogP contribution in [0.4, 0.5) is 0 Å². The Morgan fingerprint density at radius 2 is 1.92 bits per heavy atom. The smallest absolute Gasteiger partial charge is 0.163 e. The van der Waals surface area contributed by atoms with Gasteiger partial charge >= 0.3 is 0 Å². The van der Waals surface area contributed by atoms with Crippen molar-refractivity contribution in [2.24, 2.45) is 0 Å². The average molecular weight is 346 g/mol. The molecule has 0 saturated carbocycles. The number of para-hydroxylation sites is 1. The molecule has 0 aliphatic rings. The zero-order chi connectivity index (χ0) is 17.3. The summed E-state index contributed by atoms with van der Waals surface area (Å²) >= 11 is 0. The summed E-state index contributed by atoms with van der Waals surface area (Å²) in [4.78, 5) is 0. The predicted molar refractivity (Wildman–Crippen MR) is 88.4 cm³/mol. The number of sulfone groups is 1. The van der Waals surface area contributed by atoms with Gasteiger partial charge in [0.25, 0.3) is 0 Å². The SMILES string of the molecule is Cc1noc(C)c1CS(=O)(=O)[C@@H](C)c1cn(-c2ccccc2)nn1. The third-order valence-corrected chi connectivity index (χ3v) is 6.02. The number of benzene rings is 1. The van der Waals surface area contributed by atoms with E-state index in [-0.39, 0.29) is 5.75 Å². The molecule has 1 aromatic carbocycles. The van der Waals surface area contributed by atoms with Gasteiger partial charge in [0.15, 0.2) is 9.84 Å². The van der Waals surface area contributed by atoms with E-state index >= 15 is 0 Å². The van der Waals surface area contributed by atoms with E-state index in [1.807, 2.05) is 30.3 Å². The van der Waals surface area contributed by atoms with Crippen LogP contribution in [-0.2, 0) is 15.6 Å². The van der Waals surface area contributed by atoms with Crippen molar-refractivity contribution in [1.29, 1.82) is 0 Å². The van der Waals surface area contributed by atoms with E-state index in [4.69, 9.17) is 4.52 Å². The first-order valence-corrected chi connectivity index (χ1v) is 9.21. The van der Waals surface area contributed by atoms with E-state index in [1.54, 1.807) is 31.6 Å². The van der Waals surface area contributed by atoms with Gasteiger partial charge in [-0.25, -0.2) is 13.1 Å². The summed E-state index contributed by atoms with van der Waals surface area (Å²) < 4.78 is 32.0. The highest BCUT2D eigenvalue weighted by Crippen LogP contribution is 2.26. The van der Waals surface area contributed by atoms with Gasteiger partial charge in [-0.2, -0.15) is 0 Å². The molecule has 0 fully saturated rings. The topological polar surface area (TPSA) is 90.9 Å². The molecule has 0 radical (unpaired) electrons. The lowest BCUT2D eigenvalue weighted by molar-refractivity contribution is 0.392. The average Bonchev–Trinajstić information content (AvgIpc) is 3.17. The van der Waals surface area contributed by atoms with Gasteiger partial charge in [-0.05, 0) is 32.9 Å². The van der Waals surface area contributed by atoms with E-state index in [1.165, 1.54) is 0 Å². The second-order valence-electron chi connectivity index (χ2n) is 5.68. The van der Waals surface area contributed by atoms with Crippen LogP contribution in [0.2, 0.25) is 0 Å². The second kappa shape index (κ2) is 6.20. The lowest BCUT2D eigenvalue weighted by atomic mass is 10.2. The van der Waals surface area contributed by atoms with Gasteiger partial charge in [-0.1, -0.05) is 28.6 Å². The summed E-state index contributed by atoms with van der Waals surface area (Å²) in [7, 11) is -3.47. The first-order valence-electron chi connectivity index (χ1n) is 7.49. The monoisotopic (exact) mass is 346 g/mol. The van der Waals surface area contributed by atoms with Gasteiger partial charge in [-0.15, -0.1) is 5.10 Å². The quantitative estimate of drug-likeness (QED) is 0.705. The van der Waals surface area contributed by atoms with Gasteiger partial charge in [-0.3, -0.25) is 0 Å². The van der Waals surface area contributed by atoms with E-state index in [2.05, 4.69) is 15.5 Å². The molecule has 2 aromatic heterocycles. The molecule has 0 saturated heterocycles. The highest BCUT2D eigenvalue weighted by molar-refractivity contribution is 7.90. The van der Waals surface area contributed by atoms with E-state index < -0.39 is 15.1 Å². The fraction of sp³-hybridized carbons (Fsp3) is 0.312. The molecule has 1 atom stereocenters. The van der Waals surface area contributed by atoms with Gasteiger partial charge < -0.3 is 4.52 Å². The van der Waals surface area contributed by atoms with Crippen LogP contribution >= 0.6 is 0 Å². The normalized spacial score (nSPS) is 13.1. The lowest BCUT2D eigenvalue weighted by Crippen LogP contribution is -2.14. The zero-order valence-corrected chi connectivity index (χ0v) is 14.5. The molecule has 8 heteroatoms. The van der Waals surface area contributed by atoms with Crippen molar-refractivity contribution in [2.45, 2.75) is 31.8 Å². The highest BCUT2D eigenvalue weighted by Gasteiger charge is 2.28. The van der Waals surface area contributed by atoms with E-state index in [0.29, 0.717) is 22.7 Å². The zero-order valence-electron chi connectivity index (χ0n) is 13.7. The Hall–Kier alpha value is -2.48. The summed E-state index contributed by atoms with van der Waals surface area (Å²) in [6, 6.07) is 9.42. The number of aryl methyl sites for hydroxylation is 2. The molecule has 7 nitrogen and oxygen atoms in total. The maximum atomic E-state index is 12.7. The van der Waals surface area contributed by atoms with Crippen molar-refractivity contribution in [2.75, 3.05) is 0 Å². The predicted octanol–water partition coefficient (Wildman–Crippen LogP) is 2.55. The van der Waals surface area contributed by atoms with Crippen molar-refractivity contribution >= 4 is 9.84 Å². The number of hydrogen-bond donors (Lipinski definition) is 0. The molecular weight excluding hydrogens is 328 g/mol. The number of rotatable bonds is 5. The Labute approximate surface area is 140 Å². The molecule has 2 heterocycles. The molecule has 0 amide bonds. The number of nitrogens with zero attached hydrogens (tertiary/aromatic N) is 4. The lowest BCUT2D eigenvalue weighted by Gasteiger charge is -2.09. The van der Waals surface area contributed by atoms with Crippen molar-refractivity contribution in [3.05, 3.63) is 59.2 Å². The molecule has 0 N–H and O–H groups in total. The number of aromatic nitrogens is 4. The molecule has 24 heavy (non-hydrogen) atoms. The van der Waals surface area contributed by atoms with E-state index in [0.717, 1.165) is 5.69 Å². The maximum Gasteiger partial charge on any atom is 0.163 e. The van der Waals surface area contributed by atoms with Crippen molar-refractivity contribution in [1.82, 2.24) is 20.2 Å². The first kappa shape index (κ1) is 16.4. The van der Waals surface area contributed by atoms with Crippen LogP contribution in [0.25, 0.3) is 5.69 Å². The molecule has 0 aliphatic heterocycles. The molecule has 3 aromatic rings. The van der Waals surface area contributed by atoms with Crippen LogP contribution in [-0.4, -0.2) is 28.6 Å². The second-order valence-corrected chi connectivity index (χ2v) is 8.00. The Kier molecular flexibility index (Phi) is 4.23. The Balaban J connectivity index is 1.86. The maximum absolute atomic E-state index is 12.7. The summed E-state index contributed by atoms with van der Waals surface area (Å²) in [5, 5.41) is 11.1. The van der Waals surface area contributed by atoms with Gasteiger partial charge in [0.05, 0.1) is 23.3 Å². The minimum atomic E-state index is -3.47. The van der Waals surface area contributed by atoms with Crippen LogP contribution in [0.1, 0.15) is 34.9 Å². The van der Waals surface area contributed by atoms with Crippen molar-refractivity contribution in [3.8, 4) is 5.69 Å². The Morgan fingerprint density at radius 1 is 1.21 bits per heavy atom. The van der Waals surface area contributed by atoms with Crippen molar-refractivity contribution < 1.29 is 12.9 Å². The van der Waals surface area contributed by atoms with Crippen LogP contribution in [0, 0.1) is 13.8 Å². The summed E-state index contributed by atoms with van der Waals surface area (Å²) in [5.41, 5.74) is 2.44. The third-order valence-electron chi connectivity index (χ3n) is 4.01. The summed E-state index contributed by atoms with van der Waals surface area (Å²) in [6.07, 6.45) is 1.64. The molecule has 0 spiro atoms. The fourth-order valence-electron chi connectivity index (χ4n) is 2.39. The van der Waals surface area contributed by atoms with Gasteiger partial charge in [0.2, 0.25) is 0 Å².